The molecule has 2 fully saturated rings. The van der Waals surface area contributed by atoms with E-state index in [1.165, 1.54) is 0 Å². The minimum Gasteiger partial charge on any atom is -0.440 e. The number of piperidine rings is 1. The lowest BCUT2D eigenvalue weighted by Gasteiger charge is -2.48. The molecule has 1 aromatic heterocycles. The molecule has 2 aromatic carbocycles. The summed E-state index contributed by atoms with van der Waals surface area (Å²) in [4.78, 5) is 21.8. The van der Waals surface area contributed by atoms with Crippen LogP contribution in [0.4, 0.5) is 4.79 Å². The van der Waals surface area contributed by atoms with Crippen LogP contribution in [-0.2, 0) is 23.4 Å². The van der Waals surface area contributed by atoms with Gasteiger partial charge in [-0.2, -0.15) is 0 Å². The van der Waals surface area contributed by atoms with Crippen molar-refractivity contribution in [2.24, 2.45) is 0 Å². The maximum atomic E-state index is 13.3. The summed E-state index contributed by atoms with van der Waals surface area (Å²) in [5, 5.41) is 0.793. The van der Waals surface area contributed by atoms with E-state index in [0.717, 1.165) is 54.2 Å². The molecule has 6 heteroatoms. The first-order valence-electron chi connectivity index (χ1n) is 11.4. The number of ether oxygens (including phenoxy) is 1. The Morgan fingerprint density at radius 1 is 0.970 bits per heavy atom. The van der Waals surface area contributed by atoms with Gasteiger partial charge < -0.3 is 4.74 Å². The standard InChI is InChI=1S/C27H28ClN3O2/c1-26(23-10-3-2-4-11-23)27(33-25(32)31(26)19-21-8-7-15-29-18-21)13-16-30(17-14-27)20-22-9-5-6-12-24(22)28/h2-12,15,18H,13-14,16-17,19-20H2,1H3. The lowest BCUT2D eigenvalue weighted by Crippen LogP contribution is -2.58. The van der Waals surface area contributed by atoms with Gasteiger partial charge in [0.2, 0.25) is 0 Å². The number of aromatic nitrogens is 1. The van der Waals surface area contributed by atoms with Gasteiger partial charge in [-0.05, 0) is 35.7 Å². The molecule has 3 heterocycles. The maximum absolute atomic E-state index is 13.3. The van der Waals surface area contributed by atoms with Gasteiger partial charge in [0, 0.05) is 49.9 Å². The number of benzene rings is 2. The Bertz CT molecular complexity index is 1120. The summed E-state index contributed by atoms with van der Waals surface area (Å²) in [7, 11) is 0. The van der Waals surface area contributed by atoms with Gasteiger partial charge in [-0.3, -0.25) is 14.8 Å². The van der Waals surface area contributed by atoms with Gasteiger partial charge in [0.05, 0.1) is 6.54 Å². The molecule has 1 unspecified atom stereocenters. The molecule has 3 aromatic rings. The Labute approximate surface area is 200 Å². The zero-order valence-electron chi connectivity index (χ0n) is 18.8. The zero-order valence-corrected chi connectivity index (χ0v) is 19.5. The molecule has 33 heavy (non-hydrogen) atoms. The smallest absolute Gasteiger partial charge is 0.411 e. The van der Waals surface area contributed by atoms with Crippen molar-refractivity contribution in [3.05, 3.63) is 101 Å². The number of hydrogen-bond donors (Lipinski definition) is 0. The Balaban J connectivity index is 1.44. The van der Waals surface area contributed by atoms with E-state index < -0.39 is 11.1 Å². The van der Waals surface area contributed by atoms with Crippen LogP contribution in [0.15, 0.2) is 79.1 Å². The summed E-state index contributed by atoms with van der Waals surface area (Å²) in [5.41, 5.74) is 2.04. The SMILES string of the molecule is CC1(c2ccccc2)N(Cc2cccnc2)C(=O)OC12CCN(Cc1ccccc1Cl)CC2. The van der Waals surface area contributed by atoms with Gasteiger partial charge in [0.15, 0.2) is 0 Å². The quantitative estimate of drug-likeness (QED) is 0.493. The highest BCUT2D eigenvalue weighted by Gasteiger charge is 2.63. The number of amides is 1. The zero-order chi connectivity index (χ0) is 22.9. The van der Waals surface area contributed by atoms with Crippen molar-refractivity contribution in [3.8, 4) is 0 Å². The predicted octanol–water partition coefficient (Wildman–Crippen LogP) is 5.64. The maximum Gasteiger partial charge on any atom is 0.411 e. The van der Waals surface area contributed by atoms with E-state index in [4.69, 9.17) is 16.3 Å². The number of likely N-dealkylation sites (tertiary alicyclic amines) is 1. The third-order valence-electron chi connectivity index (χ3n) is 7.34. The summed E-state index contributed by atoms with van der Waals surface area (Å²) in [6, 6.07) is 22.2. The van der Waals surface area contributed by atoms with Crippen LogP contribution in [0, 0.1) is 0 Å². The molecule has 0 aliphatic carbocycles. The third-order valence-corrected chi connectivity index (χ3v) is 7.71. The lowest BCUT2D eigenvalue weighted by molar-refractivity contribution is -0.0614. The van der Waals surface area contributed by atoms with Crippen molar-refractivity contribution in [1.29, 1.82) is 0 Å². The molecule has 1 atom stereocenters. The molecule has 0 bridgehead atoms. The second-order valence-electron chi connectivity index (χ2n) is 9.12. The van der Waals surface area contributed by atoms with Crippen LogP contribution in [0.5, 0.6) is 0 Å². The predicted molar refractivity (Wildman–Crippen MR) is 129 cm³/mol. The van der Waals surface area contributed by atoms with Crippen LogP contribution in [0.2, 0.25) is 5.02 Å². The van der Waals surface area contributed by atoms with Gasteiger partial charge in [-0.15, -0.1) is 0 Å². The summed E-state index contributed by atoms with van der Waals surface area (Å²) in [6.45, 7) is 5.09. The third kappa shape index (κ3) is 3.90. The van der Waals surface area contributed by atoms with E-state index in [1.807, 2.05) is 59.6 Å². The largest absolute Gasteiger partial charge is 0.440 e. The van der Waals surface area contributed by atoms with Gasteiger partial charge >= 0.3 is 6.09 Å². The van der Waals surface area contributed by atoms with Crippen molar-refractivity contribution in [2.75, 3.05) is 13.1 Å². The van der Waals surface area contributed by atoms with Crippen LogP contribution in [0.25, 0.3) is 0 Å². The summed E-state index contributed by atoms with van der Waals surface area (Å²) >= 11 is 6.40. The molecule has 2 aliphatic rings. The fourth-order valence-electron chi connectivity index (χ4n) is 5.36. The highest BCUT2D eigenvalue weighted by atomic mass is 35.5. The second-order valence-corrected chi connectivity index (χ2v) is 9.52. The molecule has 5 rings (SSSR count). The monoisotopic (exact) mass is 461 g/mol. The van der Waals surface area contributed by atoms with Crippen molar-refractivity contribution in [3.63, 3.8) is 0 Å². The minimum absolute atomic E-state index is 0.259. The van der Waals surface area contributed by atoms with E-state index in [-0.39, 0.29) is 6.09 Å². The van der Waals surface area contributed by atoms with Gasteiger partial charge in [-0.1, -0.05) is 66.2 Å². The Kier molecular flexibility index (Phi) is 5.85. The Morgan fingerprint density at radius 2 is 1.70 bits per heavy atom. The van der Waals surface area contributed by atoms with Crippen molar-refractivity contribution >= 4 is 17.7 Å². The number of halogens is 1. The van der Waals surface area contributed by atoms with Gasteiger partial charge in [0.1, 0.15) is 11.1 Å². The first-order valence-corrected chi connectivity index (χ1v) is 11.8. The first-order chi connectivity index (χ1) is 16.0. The number of carbonyl (C=O) groups excluding carboxylic acids is 1. The average molecular weight is 462 g/mol. The number of carbonyl (C=O) groups is 1. The highest BCUT2D eigenvalue weighted by molar-refractivity contribution is 6.31. The Morgan fingerprint density at radius 3 is 2.39 bits per heavy atom. The molecule has 1 spiro atoms. The van der Waals surface area contributed by atoms with Crippen LogP contribution in [-0.4, -0.2) is 39.6 Å². The highest BCUT2D eigenvalue weighted by Crippen LogP contribution is 2.52. The number of rotatable bonds is 5. The minimum atomic E-state index is -0.593. The van der Waals surface area contributed by atoms with Crippen molar-refractivity contribution in [2.45, 2.75) is 44.0 Å². The van der Waals surface area contributed by atoms with Crippen molar-refractivity contribution < 1.29 is 9.53 Å². The molecular formula is C27H28ClN3O2. The molecule has 5 nitrogen and oxygen atoms in total. The van der Waals surface area contributed by atoms with Crippen LogP contribution >= 0.6 is 11.6 Å². The molecule has 0 radical (unpaired) electrons. The van der Waals surface area contributed by atoms with Crippen LogP contribution in [0.3, 0.4) is 0 Å². The molecule has 2 aliphatic heterocycles. The van der Waals surface area contributed by atoms with E-state index in [9.17, 15) is 4.79 Å². The van der Waals surface area contributed by atoms with Crippen LogP contribution < -0.4 is 0 Å². The molecular weight excluding hydrogens is 434 g/mol. The van der Waals surface area contributed by atoms with Crippen molar-refractivity contribution in [1.82, 2.24) is 14.8 Å². The van der Waals surface area contributed by atoms with E-state index in [2.05, 4.69) is 35.0 Å². The second kappa shape index (κ2) is 8.81. The summed E-state index contributed by atoms with van der Waals surface area (Å²) < 4.78 is 6.28. The number of hydrogen-bond acceptors (Lipinski definition) is 4. The first kappa shape index (κ1) is 21.9. The van der Waals surface area contributed by atoms with E-state index in [1.54, 1.807) is 6.20 Å². The Hall–Kier alpha value is -2.89. The number of pyridine rings is 1. The van der Waals surface area contributed by atoms with E-state index in [0.29, 0.717) is 6.54 Å². The molecule has 0 saturated carbocycles. The molecule has 1 amide bonds. The topological polar surface area (TPSA) is 45.7 Å². The molecule has 0 N–H and O–H groups in total. The van der Waals surface area contributed by atoms with E-state index >= 15 is 0 Å². The summed E-state index contributed by atoms with van der Waals surface area (Å²) in [5.74, 6) is 0. The van der Waals surface area contributed by atoms with Crippen LogP contribution in [0.1, 0.15) is 36.5 Å². The fourth-order valence-corrected chi connectivity index (χ4v) is 5.55. The van der Waals surface area contributed by atoms with Gasteiger partial charge in [0.25, 0.3) is 0 Å². The molecule has 170 valence electrons. The fraction of sp³-hybridized carbons (Fsp3) is 0.333. The van der Waals surface area contributed by atoms with Gasteiger partial charge in [-0.25, -0.2) is 4.79 Å². The average Bonchev–Trinajstić information content (AvgIpc) is 3.05. The normalized spacial score (nSPS) is 22.5. The molecule has 2 saturated heterocycles. The summed E-state index contributed by atoms with van der Waals surface area (Å²) in [6.07, 6.45) is 4.83. The number of nitrogens with zero attached hydrogens (tertiary/aromatic N) is 3. The lowest BCUT2D eigenvalue weighted by atomic mass is 9.70.